The van der Waals surface area contributed by atoms with E-state index in [9.17, 15) is 22.0 Å². The number of nitrogens with one attached hydrogen (secondary N) is 1. The Balaban J connectivity index is 1.58. The van der Waals surface area contributed by atoms with E-state index in [1.165, 1.54) is 37.3 Å². The molecule has 0 bridgehead atoms. The molecule has 0 unspecified atom stereocenters. The van der Waals surface area contributed by atoms with Crippen LogP contribution in [-0.2, 0) is 48.0 Å². The van der Waals surface area contributed by atoms with Crippen LogP contribution in [0.25, 0.3) is 6.08 Å². The second-order valence-electron chi connectivity index (χ2n) is 9.80. The highest BCUT2D eigenvalue weighted by Gasteiger charge is 2.17. The molecule has 3 N–H and O–H groups in total. The van der Waals surface area contributed by atoms with Crippen molar-refractivity contribution in [2.24, 2.45) is 5.73 Å². The molecule has 2 aromatic rings. The van der Waals surface area contributed by atoms with Crippen molar-refractivity contribution in [2.75, 3.05) is 99.0 Å². The van der Waals surface area contributed by atoms with Crippen LogP contribution >= 0.6 is 0 Å². The van der Waals surface area contributed by atoms with E-state index < -0.39 is 33.4 Å². The van der Waals surface area contributed by atoms with Gasteiger partial charge in [-0.2, -0.15) is 0 Å². The van der Waals surface area contributed by atoms with Crippen LogP contribution in [0.2, 0.25) is 0 Å². The summed E-state index contributed by atoms with van der Waals surface area (Å²) in [6, 6.07) is 7.05. The van der Waals surface area contributed by atoms with E-state index in [-0.39, 0.29) is 48.1 Å². The summed E-state index contributed by atoms with van der Waals surface area (Å²) in [5.41, 5.74) is 5.60. The molecule has 0 aromatic heterocycles. The first-order valence-electron chi connectivity index (χ1n) is 15.5. The SMILES string of the molecule is CCOC(=O)C(C)=Cc1cc(F)c(Oc2ccc(S(=O)(=O)NCCOCCOCCOCCOCCOCCOCCN)cc2)c(F)c1. The largest absolute Gasteiger partial charge is 0.463 e. The summed E-state index contributed by atoms with van der Waals surface area (Å²) < 4.78 is 99.2. The van der Waals surface area contributed by atoms with Crippen molar-refractivity contribution in [3.63, 3.8) is 0 Å². The molecule has 0 heterocycles. The molecule has 0 atom stereocenters. The molecule has 0 amide bonds. The Hall–Kier alpha value is -3.06. The number of halogens is 2. The van der Waals surface area contributed by atoms with Crippen molar-refractivity contribution in [3.05, 3.63) is 59.2 Å². The van der Waals surface area contributed by atoms with Gasteiger partial charge in [0, 0.05) is 18.7 Å². The highest BCUT2D eigenvalue weighted by atomic mass is 32.2. The first-order valence-corrected chi connectivity index (χ1v) is 16.9. The molecular formula is C32H46F2N2O11S. The maximum atomic E-state index is 14.6. The predicted molar refractivity (Wildman–Crippen MR) is 172 cm³/mol. The lowest BCUT2D eigenvalue weighted by molar-refractivity contribution is -0.138. The van der Waals surface area contributed by atoms with Crippen LogP contribution in [0.3, 0.4) is 0 Å². The molecule has 16 heteroatoms. The zero-order valence-electron chi connectivity index (χ0n) is 27.4. The molecule has 0 saturated heterocycles. The molecule has 2 aromatic carbocycles. The molecule has 0 spiro atoms. The zero-order valence-corrected chi connectivity index (χ0v) is 28.2. The van der Waals surface area contributed by atoms with Crippen LogP contribution in [0.5, 0.6) is 11.5 Å². The second kappa shape index (κ2) is 24.1. The minimum absolute atomic E-state index is 0.0157. The molecule has 2 rings (SSSR count). The number of carbonyl (C=O) groups is 1. The number of rotatable bonds is 27. The normalized spacial score (nSPS) is 12.0. The minimum Gasteiger partial charge on any atom is -0.463 e. The minimum atomic E-state index is -3.87. The summed E-state index contributed by atoms with van der Waals surface area (Å²) in [5.74, 6) is -3.27. The van der Waals surface area contributed by atoms with Gasteiger partial charge >= 0.3 is 5.97 Å². The first-order chi connectivity index (χ1) is 23.2. The molecule has 48 heavy (non-hydrogen) atoms. The van der Waals surface area contributed by atoms with E-state index in [1.807, 2.05) is 0 Å². The Morgan fingerprint density at radius 3 is 1.69 bits per heavy atom. The Bertz CT molecular complexity index is 1320. The fraction of sp³-hybridized carbons (Fsp3) is 0.531. The van der Waals surface area contributed by atoms with E-state index >= 15 is 0 Å². The molecule has 0 radical (unpaired) electrons. The molecule has 0 aliphatic carbocycles. The van der Waals surface area contributed by atoms with Gasteiger partial charge in [0.1, 0.15) is 5.75 Å². The van der Waals surface area contributed by atoms with Gasteiger partial charge in [0.2, 0.25) is 10.0 Å². The van der Waals surface area contributed by atoms with Crippen LogP contribution in [0.15, 0.2) is 46.9 Å². The Morgan fingerprint density at radius 2 is 1.23 bits per heavy atom. The molecule has 0 fully saturated rings. The van der Waals surface area contributed by atoms with Gasteiger partial charge in [0.05, 0.1) is 90.8 Å². The number of carbonyl (C=O) groups excluding carboxylic acids is 1. The smallest absolute Gasteiger partial charge is 0.333 e. The van der Waals surface area contributed by atoms with Gasteiger partial charge < -0.3 is 43.6 Å². The number of esters is 1. The Morgan fingerprint density at radius 1 is 0.771 bits per heavy atom. The van der Waals surface area contributed by atoms with Crippen LogP contribution < -0.4 is 15.2 Å². The number of hydrogen-bond donors (Lipinski definition) is 2. The van der Waals surface area contributed by atoms with E-state index in [0.29, 0.717) is 72.6 Å². The number of sulfonamides is 1. The van der Waals surface area contributed by atoms with Gasteiger partial charge in [-0.25, -0.2) is 26.7 Å². The Labute approximate surface area is 280 Å². The highest BCUT2D eigenvalue weighted by Crippen LogP contribution is 2.30. The summed E-state index contributed by atoms with van der Waals surface area (Å²) in [5, 5.41) is 0. The summed E-state index contributed by atoms with van der Waals surface area (Å²) >= 11 is 0. The molecule has 270 valence electrons. The fourth-order valence-corrected chi connectivity index (χ4v) is 4.75. The maximum absolute atomic E-state index is 14.6. The zero-order chi connectivity index (χ0) is 35.0. The number of benzene rings is 2. The van der Waals surface area contributed by atoms with Crippen molar-refractivity contribution in [3.8, 4) is 11.5 Å². The molecule has 0 aliphatic heterocycles. The van der Waals surface area contributed by atoms with E-state index in [4.69, 9.17) is 43.6 Å². The molecule has 13 nitrogen and oxygen atoms in total. The van der Waals surface area contributed by atoms with E-state index in [2.05, 4.69) is 4.72 Å². The van der Waals surface area contributed by atoms with Crippen LogP contribution in [0, 0.1) is 11.6 Å². The lowest BCUT2D eigenvalue weighted by atomic mass is 10.1. The molecule has 0 aliphatic rings. The third kappa shape index (κ3) is 16.9. The highest BCUT2D eigenvalue weighted by molar-refractivity contribution is 7.89. The Kier molecular flexibility index (Phi) is 20.7. The van der Waals surface area contributed by atoms with Crippen LogP contribution in [0.1, 0.15) is 19.4 Å². The summed E-state index contributed by atoms with van der Waals surface area (Å²) in [4.78, 5) is 11.7. The third-order valence-corrected chi connectivity index (χ3v) is 7.49. The lowest BCUT2D eigenvalue weighted by Gasteiger charge is -2.11. The van der Waals surface area contributed by atoms with Gasteiger partial charge in [0.25, 0.3) is 0 Å². The van der Waals surface area contributed by atoms with Gasteiger partial charge in [0.15, 0.2) is 17.4 Å². The number of ether oxygens (including phenoxy) is 8. The quantitative estimate of drug-likeness (QED) is 0.0796. The van der Waals surface area contributed by atoms with Gasteiger partial charge in [-0.1, -0.05) is 0 Å². The van der Waals surface area contributed by atoms with E-state index in [0.717, 1.165) is 12.1 Å². The number of hydrogen-bond acceptors (Lipinski definition) is 12. The third-order valence-electron chi connectivity index (χ3n) is 6.02. The molecular weight excluding hydrogens is 658 g/mol. The van der Waals surface area contributed by atoms with Crippen molar-refractivity contribution in [1.29, 1.82) is 0 Å². The van der Waals surface area contributed by atoms with Crippen molar-refractivity contribution in [1.82, 2.24) is 4.72 Å². The average Bonchev–Trinajstić information content (AvgIpc) is 3.06. The summed E-state index contributed by atoms with van der Waals surface area (Å²) in [7, 11) is -3.87. The maximum Gasteiger partial charge on any atom is 0.333 e. The fourth-order valence-electron chi connectivity index (χ4n) is 3.74. The van der Waals surface area contributed by atoms with Crippen LogP contribution in [0.4, 0.5) is 8.78 Å². The van der Waals surface area contributed by atoms with Crippen molar-refractivity contribution in [2.45, 2.75) is 18.7 Å². The average molecular weight is 705 g/mol. The van der Waals surface area contributed by atoms with Gasteiger partial charge in [-0.3, -0.25) is 0 Å². The number of nitrogens with two attached hydrogens (primary N) is 1. The van der Waals surface area contributed by atoms with Crippen molar-refractivity contribution < 1.29 is 59.9 Å². The first kappa shape index (κ1) is 41.1. The standard InChI is InChI=1S/C32H46F2N2O11S/c1-3-46-32(37)25(2)22-26-23-29(33)31(30(34)24-26)47-27-4-6-28(7-5-27)48(38,39)36-9-11-41-13-15-43-17-19-45-21-20-44-18-16-42-14-12-40-10-8-35/h4-7,22-24,36H,3,8-21,35H2,1-2H3. The summed E-state index contributed by atoms with van der Waals surface area (Å²) in [6.45, 7) is 8.60. The van der Waals surface area contributed by atoms with Gasteiger partial charge in [-0.05, 0) is 61.9 Å². The predicted octanol–water partition coefficient (Wildman–Crippen LogP) is 3.06. The van der Waals surface area contributed by atoms with Crippen molar-refractivity contribution >= 4 is 22.1 Å². The van der Waals surface area contributed by atoms with E-state index in [1.54, 1.807) is 6.92 Å². The second-order valence-corrected chi connectivity index (χ2v) is 11.6. The topological polar surface area (TPSA) is 163 Å². The summed E-state index contributed by atoms with van der Waals surface area (Å²) in [6.07, 6.45) is 1.29. The lowest BCUT2D eigenvalue weighted by Crippen LogP contribution is -2.27. The van der Waals surface area contributed by atoms with Crippen LogP contribution in [-0.4, -0.2) is 113 Å². The molecule has 0 saturated carbocycles. The monoisotopic (exact) mass is 704 g/mol. The van der Waals surface area contributed by atoms with Gasteiger partial charge in [-0.15, -0.1) is 0 Å².